The van der Waals surface area contributed by atoms with Gasteiger partial charge in [-0.15, -0.1) is 0 Å². The molecule has 6 nitrogen and oxygen atoms in total. The van der Waals surface area contributed by atoms with Gasteiger partial charge in [0.15, 0.2) is 0 Å². The van der Waals surface area contributed by atoms with E-state index in [0.29, 0.717) is 18.7 Å². The Labute approximate surface area is 107 Å². The van der Waals surface area contributed by atoms with E-state index in [1.807, 2.05) is 13.8 Å². The Morgan fingerprint density at radius 1 is 1.50 bits per heavy atom. The molecule has 1 rings (SSSR count). The van der Waals surface area contributed by atoms with Crippen LogP contribution in [0, 0.1) is 5.41 Å². The summed E-state index contributed by atoms with van der Waals surface area (Å²) in [6.07, 6.45) is 2.79. The van der Waals surface area contributed by atoms with Crippen LogP contribution in [-0.4, -0.2) is 31.8 Å². The monoisotopic (exact) mass is 276 g/mol. The molecule has 0 aliphatic carbocycles. The van der Waals surface area contributed by atoms with Crippen LogP contribution in [0.5, 0.6) is 0 Å². The van der Waals surface area contributed by atoms with Crippen molar-refractivity contribution in [2.24, 2.45) is 5.41 Å². The van der Waals surface area contributed by atoms with Crippen molar-refractivity contribution in [2.75, 3.05) is 13.2 Å². The van der Waals surface area contributed by atoms with Gasteiger partial charge in [-0.2, -0.15) is 0 Å². The fourth-order valence-electron chi connectivity index (χ4n) is 1.43. The molecule has 0 fully saturated rings. The topological polar surface area (TPSA) is 92.4 Å². The summed E-state index contributed by atoms with van der Waals surface area (Å²) in [5, 5.41) is 12.6. The maximum atomic E-state index is 11.6. The van der Waals surface area contributed by atoms with E-state index in [9.17, 15) is 8.42 Å². The van der Waals surface area contributed by atoms with Gasteiger partial charge >= 0.3 is 0 Å². The van der Waals surface area contributed by atoms with Crippen molar-refractivity contribution in [1.82, 2.24) is 9.88 Å². The van der Waals surface area contributed by atoms with Crippen molar-refractivity contribution in [3.8, 4) is 0 Å². The highest BCUT2D eigenvalue weighted by atomic mass is 32.2. The molecule has 0 saturated heterocycles. The first-order chi connectivity index (χ1) is 8.35. The number of rotatable bonds is 8. The first-order valence-electron chi connectivity index (χ1n) is 5.82. The van der Waals surface area contributed by atoms with Crippen LogP contribution >= 0.6 is 0 Å². The second-order valence-corrected chi connectivity index (χ2v) is 6.88. The summed E-state index contributed by atoms with van der Waals surface area (Å²) in [6.45, 7) is 4.34. The molecular formula is C11H20N2O4S. The Morgan fingerprint density at radius 2 is 2.22 bits per heavy atom. The van der Waals surface area contributed by atoms with E-state index in [1.54, 1.807) is 0 Å². The third kappa shape index (κ3) is 5.61. The van der Waals surface area contributed by atoms with Gasteiger partial charge in [-0.25, -0.2) is 13.1 Å². The van der Waals surface area contributed by atoms with Gasteiger partial charge in [-0.05, 0) is 18.3 Å². The molecule has 2 N–H and O–H groups in total. The molecule has 0 aromatic carbocycles. The standard InChI is InChI=1S/C11H20N2O4S/c1-11(2,9-14)5-3-6-12-18(15,16)8-10-4-7-17-13-10/h4,7,12,14H,3,5-6,8-9H2,1-2H3. The Kier molecular flexibility index (Phi) is 5.30. The summed E-state index contributed by atoms with van der Waals surface area (Å²) < 4.78 is 30.4. The maximum Gasteiger partial charge on any atom is 0.217 e. The fourth-order valence-corrected chi connectivity index (χ4v) is 2.53. The van der Waals surface area contributed by atoms with Crippen molar-refractivity contribution in [2.45, 2.75) is 32.4 Å². The highest BCUT2D eigenvalue weighted by Crippen LogP contribution is 2.20. The molecule has 0 bridgehead atoms. The van der Waals surface area contributed by atoms with Gasteiger partial charge in [0.2, 0.25) is 10.0 Å². The van der Waals surface area contributed by atoms with Crippen LogP contribution in [0.4, 0.5) is 0 Å². The van der Waals surface area contributed by atoms with E-state index >= 15 is 0 Å². The molecule has 0 spiro atoms. The molecule has 1 heterocycles. The van der Waals surface area contributed by atoms with Crippen molar-refractivity contribution < 1.29 is 18.0 Å². The highest BCUT2D eigenvalue weighted by molar-refractivity contribution is 7.88. The molecule has 104 valence electrons. The van der Waals surface area contributed by atoms with Gasteiger partial charge in [0, 0.05) is 19.2 Å². The van der Waals surface area contributed by atoms with Gasteiger partial charge in [-0.3, -0.25) is 0 Å². The van der Waals surface area contributed by atoms with Crippen LogP contribution in [0.1, 0.15) is 32.4 Å². The van der Waals surface area contributed by atoms with E-state index in [2.05, 4.69) is 14.4 Å². The normalized spacial score (nSPS) is 12.8. The van der Waals surface area contributed by atoms with Crippen LogP contribution in [0.25, 0.3) is 0 Å². The number of hydrogen-bond acceptors (Lipinski definition) is 5. The molecule has 0 saturated carbocycles. The van der Waals surface area contributed by atoms with Crippen LogP contribution < -0.4 is 4.72 Å². The molecule has 1 aromatic heterocycles. The van der Waals surface area contributed by atoms with E-state index in [1.165, 1.54) is 12.3 Å². The third-order valence-electron chi connectivity index (χ3n) is 2.61. The van der Waals surface area contributed by atoms with Crippen molar-refractivity contribution >= 4 is 10.0 Å². The average molecular weight is 276 g/mol. The van der Waals surface area contributed by atoms with Crippen LogP contribution in [-0.2, 0) is 15.8 Å². The Bertz CT molecular complexity index is 440. The minimum absolute atomic E-state index is 0.0959. The van der Waals surface area contributed by atoms with Crippen LogP contribution in [0.15, 0.2) is 16.9 Å². The number of aromatic nitrogens is 1. The van der Waals surface area contributed by atoms with E-state index in [-0.39, 0.29) is 17.8 Å². The molecule has 0 atom stereocenters. The smallest absolute Gasteiger partial charge is 0.217 e. The lowest BCUT2D eigenvalue weighted by molar-refractivity contribution is 0.148. The SMILES string of the molecule is CC(C)(CO)CCCNS(=O)(=O)Cc1ccon1. The predicted octanol–water partition coefficient (Wildman–Crippen LogP) is 0.893. The molecule has 0 amide bonds. The lowest BCUT2D eigenvalue weighted by atomic mass is 9.89. The first kappa shape index (κ1) is 15.1. The molecule has 0 unspecified atom stereocenters. The zero-order chi connectivity index (χ0) is 13.6. The van der Waals surface area contributed by atoms with Gasteiger partial charge < -0.3 is 9.63 Å². The largest absolute Gasteiger partial charge is 0.396 e. The molecule has 0 aliphatic heterocycles. The van der Waals surface area contributed by atoms with Crippen molar-refractivity contribution in [3.63, 3.8) is 0 Å². The van der Waals surface area contributed by atoms with Crippen LogP contribution in [0.3, 0.4) is 0 Å². The zero-order valence-corrected chi connectivity index (χ0v) is 11.5. The van der Waals surface area contributed by atoms with E-state index in [4.69, 9.17) is 5.11 Å². The fraction of sp³-hybridized carbons (Fsp3) is 0.727. The Hall–Kier alpha value is -0.920. The number of hydrogen-bond donors (Lipinski definition) is 2. The zero-order valence-electron chi connectivity index (χ0n) is 10.7. The van der Waals surface area contributed by atoms with Crippen molar-refractivity contribution in [1.29, 1.82) is 0 Å². The molecule has 1 aromatic rings. The molecule has 18 heavy (non-hydrogen) atoms. The number of aliphatic hydroxyl groups is 1. The molecular weight excluding hydrogens is 256 g/mol. The summed E-state index contributed by atoms with van der Waals surface area (Å²) in [6, 6.07) is 1.52. The predicted molar refractivity (Wildman–Crippen MR) is 67.2 cm³/mol. The number of sulfonamides is 1. The summed E-state index contributed by atoms with van der Waals surface area (Å²) >= 11 is 0. The second-order valence-electron chi connectivity index (χ2n) is 5.07. The van der Waals surface area contributed by atoms with Crippen molar-refractivity contribution in [3.05, 3.63) is 18.0 Å². The second kappa shape index (κ2) is 6.31. The summed E-state index contributed by atoms with van der Waals surface area (Å²) in [5.74, 6) is -0.174. The Balaban J connectivity index is 2.30. The lowest BCUT2D eigenvalue weighted by Crippen LogP contribution is -2.27. The van der Waals surface area contributed by atoms with Gasteiger partial charge in [0.05, 0.1) is 5.69 Å². The van der Waals surface area contributed by atoms with Crippen LogP contribution in [0.2, 0.25) is 0 Å². The highest BCUT2D eigenvalue weighted by Gasteiger charge is 2.17. The lowest BCUT2D eigenvalue weighted by Gasteiger charge is -2.21. The van der Waals surface area contributed by atoms with Gasteiger partial charge in [0.25, 0.3) is 0 Å². The van der Waals surface area contributed by atoms with E-state index < -0.39 is 10.0 Å². The van der Waals surface area contributed by atoms with Gasteiger partial charge in [0.1, 0.15) is 12.0 Å². The quantitative estimate of drug-likeness (QED) is 0.688. The third-order valence-corrected chi connectivity index (χ3v) is 3.93. The molecule has 0 radical (unpaired) electrons. The summed E-state index contributed by atoms with van der Waals surface area (Å²) in [7, 11) is -3.36. The maximum absolute atomic E-state index is 11.6. The van der Waals surface area contributed by atoms with E-state index in [0.717, 1.165) is 6.42 Å². The number of nitrogens with one attached hydrogen (secondary N) is 1. The minimum atomic E-state index is -3.36. The first-order valence-corrected chi connectivity index (χ1v) is 7.47. The number of aliphatic hydroxyl groups excluding tert-OH is 1. The van der Waals surface area contributed by atoms with Gasteiger partial charge in [-0.1, -0.05) is 19.0 Å². The molecule has 0 aliphatic rings. The minimum Gasteiger partial charge on any atom is -0.396 e. The summed E-state index contributed by atoms with van der Waals surface area (Å²) in [5.41, 5.74) is 0.218. The average Bonchev–Trinajstić information content (AvgIpc) is 2.76. The summed E-state index contributed by atoms with van der Waals surface area (Å²) in [4.78, 5) is 0. The molecule has 7 heteroatoms. The Morgan fingerprint density at radius 3 is 2.78 bits per heavy atom. The number of nitrogens with zero attached hydrogens (tertiary/aromatic N) is 1.